The second-order valence-corrected chi connectivity index (χ2v) is 6.87. The molecule has 1 aromatic heterocycles. The zero-order chi connectivity index (χ0) is 21.5. The third-order valence-electron chi connectivity index (χ3n) is 4.46. The molecule has 3 rings (SSSR count). The SMILES string of the molecule is COc1cc(CNC(=O)CCc2ncc(-c3ccc(Cl)cc3)o2)cc(OC)c1OC. The number of ether oxygens (including phenoxy) is 3. The van der Waals surface area contributed by atoms with Crippen LogP contribution < -0.4 is 19.5 Å². The van der Waals surface area contributed by atoms with Gasteiger partial charge < -0.3 is 23.9 Å². The molecule has 0 aliphatic heterocycles. The molecular formula is C22H23ClN2O5. The molecule has 0 fully saturated rings. The van der Waals surface area contributed by atoms with E-state index < -0.39 is 0 Å². The van der Waals surface area contributed by atoms with E-state index in [0.717, 1.165) is 11.1 Å². The fourth-order valence-corrected chi connectivity index (χ4v) is 3.05. The predicted molar refractivity (Wildman–Crippen MR) is 113 cm³/mol. The minimum absolute atomic E-state index is 0.116. The van der Waals surface area contributed by atoms with Crippen LogP contribution in [0.1, 0.15) is 17.9 Å². The van der Waals surface area contributed by atoms with Gasteiger partial charge in [0.25, 0.3) is 0 Å². The van der Waals surface area contributed by atoms with E-state index in [1.54, 1.807) is 51.8 Å². The van der Waals surface area contributed by atoms with Crippen LogP contribution in [0, 0.1) is 0 Å². The molecule has 2 aromatic carbocycles. The van der Waals surface area contributed by atoms with Crippen LogP contribution in [0.25, 0.3) is 11.3 Å². The van der Waals surface area contributed by atoms with E-state index in [0.29, 0.717) is 46.9 Å². The summed E-state index contributed by atoms with van der Waals surface area (Å²) in [4.78, 5) is 16.5. The molecule has 0 aliphatic carbocycles. The van der Waals surface area contributed by atoms with Crippen molar-refractivity contribution in [2.45, 2.75) is 19.4 Å². The van der Waals surface area contributed by atoms with Crippen LogP contribution in [0.4, 0.5) is 0 Å². The minimum Gasteiger partial charge on any atom is -0.493 e. The van der Waals surface area contributed by atoms with Gasteiger partial charge in [0.05, 0.1) is 27.5 Å². The van der Waals surface area contributed by atoms with Crippen LogP contribution in [0.2, 0.25) is 5.02 Å². The zero-order valence-electron chi connectivity index (χ0n) is 17.0. The Morgan fingerprint density at radius 1 is 1.07 bits per heavy atom. The van der Waals surface area contributed by atoms with Crippen molar-refractivity contribution in [1.29, 1.82) is 0 Å². The van der Waals surface area contributed by atoms with Crippen molar-refractivity contribution in [3.63, 3.8) is 0 Å². The van der Waals surface area contributed by atoms with Gasteiger partial charge in [-0.2, -0.15) is 0 Å². The van der Waals surface area contributed by atoms with E-state index in [4.69, 9.17) is 30.2 Å². The molecule has 158 valence electrons. The number of nitrogens with zero attached hydrogens (tertiary/aromatic N) is 1. The fourth-order valence-electron chi connectivity index (χ4n) is 2.92. The van der Waals surface area contributed by atoms with Crippen molar-refractivity contribution in [2.24, 2.45) is 0 Å². The van der Waals surface area contributed by atoms with Gasteiger partial charge in [-0.1, -0.05) is 11.6 Å². The van der Waals surface area contributed by atoms with Crippen LogP contribution in [0.5, 0.6) is 17.2 Å². The van der Waals surface area contributed by atoms with Gasteiger partial charge in [0, 0.05) is 30.0 Å². The highest BCUT2D eigenvalue weighted by atomic mass is 35.5. The highest BCUT2D eigenvalue weighted by molar-refractivity contribution is 6.30. The second-order valence-electron chi connectivity index (χ2n) is 6.44. The lowest BCUT2D eigenvalue weighted by molar-refractivity contribution is -0.121. The van der Waals surface area contributed by atoms with E-state index in [2.05, 4.69) is 10.3 Å². The topological polar surface area (TPSA) is 82.8 Å². The van der Waals surface area contributed by atoms with Gasteiger partial charge in [-0.3, -0.25) is 4.79 Å². The molecule has 8 heteroatoms. The summed E-state index contributed by atoms with van der Waals surface area (Å²) >= 11 is 5.90. The summed E-state index contributed by atoms with van der Waals surface area (Å²) in [5.41, 5.74) is 1.71. The van der Waals surface area contributed by atoms with Crippen molar-refractivity contribution in [3.8, 4) is 28.6 Å². The maximum absolute atomic E-state index is 12.3. The quantitative estimate of drug-likeness (QED) is 0.546. The Hall–Kier alpha value is -3.19. The van der Waals surface area contributed by atoms with Crippen LogP contribution in [0.3, 0.4) is 0 Å². The number of amides is 1. The number of oxazole rings is 1. The number of hydrogen-bond acceptors (Lipinski definition) is 6. The summed E-state index contributed by atoms with van der Waals surface area (Å²) in [5, 5.41) is 3.53. The van der Waals surface area contributed by atoms with Gasteiger partial charge in [0.1, 0.15) is 0 Å². The first kappa shape index (κ1) is 21.5. The van der Waals surface area contributed by atoms with Crippen LogP contribution in [-0.4, -0.2) is 32.2 Å². The summed E-state index contributed by atoms with van der Waals surface area (Å²) in [5.74, 6) is 2.61. The molecule has 1 heterocycles. The number of aromatic nitrogens is 1. The first-order valence-electron chi connectivity index (χ1n) is 9.30. The Balaban J connectivity index is 1.55. The van der Waals surface area contributed by atoms with Gasteiger partial charge in [0.2, 0.25) is 11.7 Å². The number of rotatable bonds is 9. The molecule has 0 atom stereocenters. The Bertz CT molecular complexity index is 976. The highest BCUT2D eigenvalue weighted by Crippen LogP contribution is 2.38. The van der Waals surface area contributed by atoms with Crippen molar-refractivity contribution in [2.75, 3.05) is 21.3 Å². The lowest BCUT2D eigenvalue weighted by atomic mass is 10.1. The number of benzene rings is 2. The summed E-state index contributed by atoms with van der Waals surface area (Å²) in [7, 11) is 4.64. The Morgan fingerprint density at radius 2 is 1.73 bits per heavy atom. The third kappa shape index (κ3) is 5.24. The molecule has 0 bridgehead atoms. The lowest BCUT2D eigenvalue weighted by Crippen LogP contribution is -2.23. The number of carbonyl (C=O) groups excluding carboxylic acids is 1. The smallest absolute Gasteiger partial charge is 0.220 e. The molecule has 3 aromatic rings. The standard InChI is InChI=1S/C22H23ClN2O5/c1-27-17-10-14(11-18(28-2)22(17)29-3)12-24-20(26)8-9-21-25-13-19(30-21)15-4-6-16(23)7-5-15/h4-7,10-11,13H,8-9,12H2,1-3H3,(H,24,26). The molecular weight excluding hydrogens is 408 g/mol. The Kier molecular flexibility index (Phi) is 7.19. The fraction of sp³-hybridized carbons (Fsp3) is 0.273. The molecule has 0 saturated heterocycles. The average molecular weight is 431 g/mol. The summed E-state index contributed by atoms with van der Waals surface area (Å²) < 4.78 is 21.7. The lowest BCUT2D eigenvalue weighted by Gasteiger charge is -2.14. The van der Waals surface area contributed by atoms with Crippen molar-refractivity contribution >= 4 is 17.5 Å². The molecule has 0 radical (unpaired) electrons. The number of halogens is 1. The molecule has 0 aliphatic rings. The van der Waals surface area contributed by atoms with Gasteiger partial charge in [-0.05, 0) is 42.0 Å². The molecule has 1 amide bonds. The van der Waals surface area contributed by atoms with E-state index in [9.17, 15) is 4.79 Å². The van der Waals surface area contributed by atoms with Crippen molar-refractivity contribution < 1.29 is 23.4 Å². The van der Waals surface area contributed by atoms with E-state index in [-0.39, 0.29) is 12.3 Å². The minimum atomic E-state index is -0.116. The Morgan fingerprint density at radius 3 is 2.33 bits per heavy atom. The van der Waals surface area contributed by atoms with E-state index in [1.165, 1.54) is 0 Å². The molecule has 7 nitrogen and oxygen atoms in total. The molecule has 0 saturated carbocycles. The number of aryl methyl sites for hydroxylation is 1. The normalized spacial score (nSPS) is 10.5. The van der Waals surface area contributed by atoms with Gasteiger partial charge in [0.15, 0.2) is 23.1 Å². The second kappa shape index (κ2) is 10.0. The van der Waals surface area contributed by atoms with Crippen LogP contribution >= 0.6 is 11.6 Å². The number of hydrogen-bond donors (Lipinski definition) is 1. The van der Waals surface area contributed by atoms with E-state index >= 15 is 0 Å². The average Bonchev–Trinajstić information content (AvgIpc) is 3.24. The largest absolute Gasteiger partial charge is 0.493 e. The van der Waals surface area contributed by atoms with Crippen molar-refractivity contribution in [1.82, 2.24) is 10.3 Å². The third-order valence-corrected chi connectivity index (χ3v) is 4.71. The van der Waals surface area contributed by atoms with Crippen LogP contribution in [0.15, 0.2) is 47.0 Å². The monoisotopic (exact) mass is 430 g/mol. The molecule has 1 N–H and O–H groups in total. The number of methoxy groups -OCH3 is 3. The first-order valence-corrected chi connectivity index (χ1v) is 9.68. The molecule has 0 unspecified atom stereocenters. The summed E-state index contributed by atoms with van der Waals surface area (Å²) in [6.07, 6.45) is 2.30. The number of nitrogens with one attached hydrogen (secondary N) is 1. The molecule has 30 heavy (non-hydrogen) atoms. The highest BCUT2D eigenvalue weighted by Gasteiger charge is 2.14. The van der Waals surface area contributed by atoms with Crippen LogP contribution in [-0.2, 0) is 17.8 Å². The number of carbonyl (C=O) groups is 1. The maximum atomic E-state index is 12.3. The van der Waals surface area contributed by atoms with Gasteiger partial charge >= 0.3 is 0 Å². The van der Waals surface area contributed by atoms with Gasteiger partial charge in [-0.15, -0.1) is 0 Å². The Labute approximate surface area is 179 Å². The van der Waals surface area contributed by atoms with Crippen molar-refractivity contribution in [3.05, 3.63) is 59.1 Å². The summed E-state index contributed by atoms with van der Waals surface area (Å²) in [6, 6.07) is 10.9. The first-order chi connectivity index (χ1) is 14.5. The zero-order valence-corrected chi connectivity index (χ0v) is 17.8. The predicted octanol–water partition coefficient (Wildman–Crippen LogP) is 4.27. The van der Waals surface area contributed by atoms with Gasteiger partial charge in [-0.25, -0.2) is 4.98 Å². The maximum Gasteiger partial charge on any atom is 0.220 e. The molecule has 0 spiro atoms. The summed E-state index contributed by atoms with van der Waals surface area (Å²) in [6.45, 7) is 0.331. The van der Waals surface area contributed by atoms with E-state index in [1.807, 2.05) is 12.1 Å².